The smallest absolute Gasteiger partial charge is 0.142 e. The number of hydrazone groups is 3. The minimum Gasteiger partial charge on any atom is -0.249 e. The van der Waals surface area contributed by atoms with E-state index in [0.717, 1.165) is 17.8 Å². The minimum atomic E-state index is 0.388. The summed E-state index contributed by atoms with van der Waals surface area (Å²) in [6.07, 6.45) is 11.6. The Hall–Kier alpha value is -1.59. The van der Waals surface area contributed by atoms with E-state index in [4.69, 9.17) is 15.3 Å². The first-order valence-corrected chi connectivity index (χ1v) is 8.37. The maximum absolute atomic E-state index is 4.84. The summed E-state index contributed by atoms with van der Waals surface area (Å²) in [5.41, 5.74) is 0. The van der Waals surface area contributed by atoms with Gasteiger partial charge in [-0.15, -0.1) is 0 Å². The molecule has 0 bridgehead atoms. The summed E-state index contributed by atoms with van der Waals surface area (Å²) < 4.78 is 0. The predicted molar refractivity (Wildman–Crippen MR) is 77.1 cm³/mol. The van der Waals surface area contributed by atoms with Crippen molar-refractivity contribution in [3.05, 3.63) is 0 Å². The molecule has 7 rings (SSSR count). The van der Waals surface area contributed by atoms with Crippen molar-refractivity contribution < 1.29 is 0 Å². The lowest BCUT2D eigenvalue weighted by Gasteiger charge is -2.57. The summed E-state index contributed by atoms with van der Waals surface area (Å²) in [6.45, 7) is 0. The Bertz CT molecular complexity index is 530. The van der Waals surface area contributed by atoms with Crippen LogP contribution in [0.15, 0.2) is 15.3 Å². The molecule has 3 saturated carbocycles. The Morgan fingerprint density at radius 3 is 1.24 bits per heavy atom. The molecule has 3 aliphatic carbocycles. The maximum atomic E-state index is 4.84. The fraction of sp³-hybridized carbons (Fsp3) is 0.800. The van der Waals surface area contributed by atoms with Gasteiger partial charge in [0.05, 0.1) is 0 Å². The summed E-state index contributed by atoms with van der Waals surface area (Å²) >= 11 is 0. The molecule has 0 spiro atoms. The fourth-order valence-electron chi connectivity index (χ4n) is 5.16. The highest BCUT2D eigenvalue weighted by Crippen LogP contribution is 2.58. The van der Waals surface area contributed by atoms with Gasteiger partial charge in [-0.2, -0.15) is 15.3 Å². The fourth-order valence-corrected chi connectivity index (χ4v) is 5.16. The molecule has 0 amide bonds. The first-order chi connectivity index (χ1) is 10.4. The van der Waals surface area contributed by atoms with Crippen molar-refractivity contribution in [2.45, 2.75) is 37.8 Å². The first-order valence-electron chi connectivity index (χ1n) is 8.37. The molecule has 6 heteroatoms. The van der Waals surface area contributed by atoms with Gasteiger partial charge in [0.15, 0.2) is 0 Å². The Kier molecular flexibility index (Phi) is 1.44. The monoisotopic (exact) mass is 282 g/mol. The standard InChI is InChI=1S/C15H18N6/c1-7-4-16-19-13(10(1)7)20-15(12-2-8(12)5-17-20)21-14(19)11-3-9(11)6-18-21/h4-15H,1-3H2. The molecule has 6 atom stereocenters. The predicted octanol–water partition coefficient (Wildman–Crippen LogP) is 0.791. The van der Waals surface area contributed by atoms with E-state index in [1.54, 1.807) is 0 Å². The van der Waals surface area contributed by atoms with Crippen LogP contribution in [0.25, 0.3) is 0 Å². The van der Waals surface area contributed by atoms with E-state index in [2.05, 4.69) is 33.7 Å². The molecular weight excluding hydrogens is 264 g/mol. The summed E-state index contributed by atoms with van der Waals surface area (Å²) in [6, 6.07) is 0. The molecule has 0 aromatic rings. The molecule has 4 fully saturated rings. The second kappa shape index (κ2) is 2.96. The molecule has 1 saturated heterocycles. The molecule has 0 N–H and O–H groups in total. The Balaban J connectivity index is 1.41. The van der Waals surface area contributed by atoms with Crippen LogP contribution in [0.3, 0.4) is 0 Å². The normalized spacial score (nSPS) is 59.4. The molecule has 6 nitrogen and oxygen atoms in total. The summed E-state index contributed by atoms with van der Waals surface area (Å²) in [5.74, 6) is 4.32. The highest BCUT2D eigenvalue weighted by molar-refractivity contribution is 5.69. The second-order valence-electron chi connectivity index (χ2n) is 7.86. The van der Waals surface area contributed by atoms with E-state index < -0.39 is 0 Å². The van der Waals surface area contributed by atoms with Gasteiger partial charge in [0.1, 0.15) is 18.5 Å². The van der Waals surface area contributed by atoms with Crippen LogP contribution in [0.5, 0.6) is 0 Å². The number of hydrogen-bond acceptors (Lipinski definition) is 6. The van der Waals surface area contributed by atoms with Gasteiger partial charge >= 0.3 is 0 Å². The Labute approximate surface area is 123 Å². The Morgan fingerprint density at radius 1 is 0.571 bits per heavy atom. The zero-order valence-corrected chi connectivity index (χ0v) is 11.7. The largest absolute Gasteiger partial charge is 0.249 e. The van der Waals surface area contributed by atoms with Gasteiger partial charge in [-0.25, -0.2) is 15.0 Å². The maximum Gasteiger partial charge on any atom is 0.142 e. The molecule has 6 unspecified atom stereocenters. The van der Waals surface area contributed by atoms with Crippen LogP contribution in [0, 0.1) is 35.5 Å². The molecular formula is C15H18N6. The average molecular weight is 282 g/mol. The molecule has 108 valence electrons. The van der Waals surface area contributed by atoms with Crippen LogP contribution in [-0.4, -0.2) is 52.2 Å². The van der Waals surface area contributed by atoms with Gasteiger partial charge in [0, 0.05) is 54.2 Å². The topological polar surface area (TPSA) is 46.8 Å². The van der Waals surface area contributed by atoms with Crippen molar-refractivity contribution in [1.29, 1.82) is 0 Å². The van der Waals surface area contributed by atoms with Gasteiger partial charge in [-0.1, -0.05) is 0 Å². The lowest BCUT2D eigenvalue weighted by Crippen LogP contribution is -2.70. The van der Waals surface area contributed by atoms with Gasteiger partial charge in [0.25, 0.3) is 0 Å². The van der Waals surface area contributed by atoms with Crippen LogP contribution >= 0.6 is 0 Å². The number of fused-ring (bicyclic) bond motifs is 12. The molecule has 4 aliphatic heterocycles. The quantitative estimate of drug-likeness (QED) is 0.660. The lowest BCUT2D eigenvalue weighted by atomic mass is 10.0. The van der Waals surface area contributed by atoms with Crippen LogP contribution in [0.4, 0.5) is 0 Å². The zero-order chi connectivity index (χ0) is 13.3. The summed E-state index contributed by atoms with van der Waals surface area (Å²) in [5, 5.41) is 21.6. The van der Waals surface area contributed by atoms with E-state index in [1.807, 2.05) is 0 Å². The molecule has 21 heavy (non-hydrogen) atoms. The van der Waals surface area contributed by atoms with E-state index in [9.17, 15) is 0 Å². The average Bonchev–Trinajstić information content (AvgIpc) is 3.39. The molecule has 4 heterocycles. The SMILES string of the molecule is C1=NN2C3C4CC4C=NN3C3C4CC4C=NN3C2C2CC12. The van der Waals surface area contributed by atoms with Crippen LogP contribution < -0.4 is 0 Å². The highest BCUT2D eigenvalue weighted by atomic mass is 15.8. The van der Waals surface area contributed by atoms with Crippen molar-refractivity contribution in [3.63, 3.8) is 0 Å². The van der Waals surface area contributed by atoms with Gasteiger partial charge in [-0.05, 0) is 19.3 Å². The van der Waals surface area contributed by atoms with Crippen LogP contribution in [0.2, 0.25) is 0 Å². The molecule has 7 aliphatic rings. The number of nitrogens with zero attached hydrogens (tertiary/aromatic N) is 6. The van der Waals surface area contributed by atoms with E-state index >= 15 is 0 Å². The van der Waals surface area contributed by atoms with Gasteiger partial charge in [-0.3, -0.25) is 0 Å². The van der Waals surface area contributed by atoms with Crippen LogP contribution in [0.1, 0.15) is 19.3 Å². The first kappa shape index (κ1) is 10.2. The van der Waals surface area contributed by atoms with Crippen LogP contribution in [-0.2, 0) is 0 Å². The second-order valence-corrected chi connectivity index (χ2v) is 7.86. The van der Waals surface area contributed by atoms with Crippen molar-refractivity contribution in [1.82, 2.24) is 15.0 Å². The van der Waals surface area contributed by atoms with E-state index in [0.29, 0.717) is 36.3 Å². The zero-order valence-electron chi connectivity index (χ0n) is 11.7. The number of hydrogen-bond donors (Lipinski definition) is 0. The Morgan fingerprint density at radius 2 is 0.905 bits per heavy atom. The molecule has 0 radical (unpaired) electrons. The third-order valence-corrected chi connectivity index (χ3v) is 6.62. The van der Waals surface area contributed by atoms with Gasteiger partial charge in [0.2, 0.25) is 0 Å². The van der Waals surface area contributed by atoms with Crippen molar-refractivity contribution in [3.8, 4) is 0 Å². The third-order valence-electron chi connectivity index (χ3n) is 6.62. The van der Waals surface area contributed by atoms with Crippen molar-refractivity contribution in [2.75, 3.05) is 0 Å². The van der Waals surface area contributed by atoms with Gasteiger partial charge < -0.3 is 0 Å². The van der Waals surface area contributed by atoms with Crippen molar-refractivity contribution >= 4 is 18.6 Å². The summed E-state index contributed by atoms with van der Waals surface area (Å²) in [7, 11) is 0. The summed E-state index contributed by atoms with van der Waals surface area (Å²) in [4.78, 5) is 0. The van der Waals surface area contributed by atoms with E-state index in [-0.39, 0.29) is 0 Å². The number of rotatable bonds is 0. The van der Waals surface area contributed by atoms with Crippen molar-refractivity contribution in [2.24, 2.45) is 50.8 Å². The molecule has 0 aromatic carbocycles. The highest BCUT2D eigenvalue weighted by Gasteiger charge is 2.66. The third kappa shape index (κ3) is 1.09. The lowest BCUT2D eigenvalue weighted by molar-refractivity contribution is -0.201. The minimum absolute atomic E-state index is 0.388. The molecule has 0 aromatic heterocycles. The van der Waals surface area contributed by atoms with E-state index in [1.165, 1.54) is 19.3 Å².